The third-order valence-electron chi connectivity index (χ3n) is 9.62. The molecule has 0 N–H and O–H groups in total. The second-order valence-electron chi connectivity index (χ2n) is 11.4. The number of carbonyl (C=O) groups excluding carboxylic acids is 4. The van der Waals surface area contributed by atoms with Crippen molar-refractivity contribution in [2.24, 2.45) is 35.5 Å². The van der Waals surface area contributed by atoms with Gasteiger partial charge in [0.1, 0.15) is 0 Å². The van der Waals surface area contributed by atoms with Gasteiger partial charge in [-0.1, -0.05) is 30.4 Å². The first-order valence-corrected chi connectivity index (χ1v) is 13.9. The largest absolute Gasteiger partial charge is 0.341 e. The zero-order valence-electron chi connectivity index (χ0n) is 22.7. The standard InChI is InChI=1S/C31H26N6O4/c1-4-35-21-8-6-5-7-17(21)20-13-16(9-12-22(20)35)36-27(38)23-18-10-11-19(24(23)28(36)39)26-25(18)29(40)37(30(26)41)31-32-14(2)15(3)33-34-31/h5-13,18-19,23-26H,4H2,1-3H3. The minimum absolute atomic E-state index is 0.0547. The van der Waals surface area contributed by atoms with Crippen LogP contribution in [0.1, 0.15) is 18.3 Å². The molecule has 4 aromatic rings. The highest BCUT2D eigenvalue weighted by Crippen LogP contribution is 2.58. The molecular weight excluding hydrogens is 520 g/mol. The van der Waals surface area contributed by atoms with Gasteiger partial charge in [-0.05, 0) is 45.0 Å². The lowest BCUT2D eigenvalue weighted by Gasteiger charge is -2.44. The number of fused-ring (bicyclic) bond motifs is 3. The molecule has 3 fully saturated rings. The Morgan fingerprint density at radius 2 is 1.27 bits per heavy atom. The summed E-state index contributed by atoms with van der Waals surface area (Å²) in [5.41, 5.74) is 3.82. The maximum atomic E-state index is 14.0. The van der Waals surface area contributed by atoms with E-state index < -0.39 is 47.3 Å². The fourth-order valence-electron chi connectivity index (χ4n) is 7.74. The highest BCUT2D eigenvalue weighted by molar-refractivity contribution is 6.26. The SMILES string of the molecule is CCn1c2ccccc2c2cc(N3C(=O)C4C5C=CC(C4C3=O)C3C(=O)N(c4nnc(C)c(C)n4)C(=O)C53)ccc21. The normalized spacial score (nSPS) is 28.5. The number of hydrogen-bond donors (Lipinski definition) is 0. The number of aryl methyl sites for hydroxylation is 3. The fraction of sp³-hybridized carbons (Fsp3) is 0.323. The molecule has 2 saturated heterocycles. The molecule has 2 aliphatic heterocycles. The Kier molecular flexibility index (Phi) is 4.79. The number of allylic oxidation sites excluding steroid dienone is 2. The van der Waals surface area contributed by atoms with Crippen LogP contribution in [0.2, 0.25) is 0 Å². The van der Waals surface area contributed by atoms with E-state index in [1.807, 2.05) is 48.6 Å². The third-order valence-corrected chi connectivity index (χ3v) is 9.62. The van der Waals surface area contributed by atoms with Gasteiger partial charge >= 0.3 is 0 Å². The molecule has 2 aromatic carbocycles. The maximum absolute atomic E-state index is 14.0. The molecule has 6 unspecified atom stereocenters. The Morgan fingerprint density at radius 1 is 0.683 bits per heavy atom. The lowest BCUT2D eigenvalue weighted by molar-refractivity contribution is -0.137. The summed E-state index contributed by atoms with van der Waals surface area (Å²) < 4.78 is 2.21. The van der Waals surface area contributed by atoms with Crippen molar-refractivity contribution in [2.75, 3.05) is 9.80 Å². The van der Waals surface area contributed by atoms with Gasteiger partial charge in [0.2, 0.25) is 23.6 Å². The zero-order chi connectivity index (χ0) is 28.3. The Hall–Kier alpha value is -4.73. The first-order chi connectivity index (χ1) is 19.8. The summed E-state index contributed by atoms with van der Waals surface area (Å²) in [5.74, 6) is -5.60. The average molecular weight is 547 g/mol. The molecule has 2 aromatic heterocycles. The number of imide groups is 2. The molecule has 1 saturated carbocycles. The molecule has 0 radical (unpaired) electrons. The molecule has 10 heteroatoms. The summed E-state index contributed by atoms with van der Waals surface area (Å²) >= 11 is 0. The van der Waals surface area contributed by atoms with Gasteiger partial charge in [-0.15, -0.1) is 5.10 Å². The summed E-state index contributed by atoms with van der Waals surface area (Å²) in [5, 5.41) is 10.1. The molecule has 2 bridgehead atoms. The van der Waals surface area contributed by atoms with Crippen molar-refractivity contribution in [1.82, 2.24) is 19.7 Å². The second-order valence-corrected chi connectivity index (χ2v) is 11.4. The number of rotatable bonds is 3. The highest BCUT2D eigenvalue weighted by atomic mass is 16.2. The summed E-state index contributed by atoms with van der Waals surface area (Å²) in [6.07, 6.45) is 3.71. The molecule has 4 heterocycles. The zero-order valence-corrected chi connectivity index (χ0v) is 22.7. The van der Waals surface area contributed by atoms with Gasteiger partial charge in [0.15, 0.2) is 0 Å². The number of para-hydroxylation sites is 1. The number of aromatic nitrogens is 4. The van der Waals surface area contributed by atoms with E-state index in [4.69, 9.17) is 0 Å². The van der Waals surface area contributed by atoms with Gasteiger partial charge in [0.05, 0.1) is 40.7 Å². The molecule has 0 spiro atoms. The van der Waals surface area contributed by atoms with E-state index >= 15 is 0 Å². The molecule has 4 amide bonds. The molecule has 3 aliphatic carbocycles. The maximum Gasteiger partial charge on any atom is 0.259 e. The van der Waals surface area contributed by atoms with Gasteiger partial charge in [-0.2, -0.15) is 5.10 Å². The van der Waals surface area contributed by atoms with Crippen LogP contribution in [0.25, 0.3) is 21.8 Å². The van der Waals surface area contributed by atoms with Crippen LogP contribution >= 0.6 is 0 Å². The van der Waals surface area contributed by atoms with Crippen LogP contribution in [0, 0.1) is 49.4 Å². The number of hydrogen-bond acceptors (Lipinski definition) is 7. The third kappa shape index (κ3) is 2.94. The first kappa shape index (κ1) is 24.1. The van der Waals surface area contributed by atoms with Crippen molar-refractivity contribution < 1.29 is 19.2 Å². The van der Waals surface area contributed by atoms with Crippen molar-refractivity contribution in [3.8, 4) is 0 Å². The minimum atomic E-state index is -0.745. The molecule has 10 nitrogen and oxygen atoms in total. The predicted octanol–water partition coefficient (Wildman–Crippen LogP) is 3.34. The van der Waals surface area contributed by atoms with Crippen LogP contribution < -0.4 is 9.80 Å². The summed E-state index contributed by atoms with van der Waals surface area (Å²) in [6.45, 7) is 6.37. The number of benzene rings is 2. The van der Waals surface area contributed by atoms with Gasteiger partial charge < -0.3 is 4.57 Å². The molecule has 41 heavy (non-hydrogen) atoms. The van der Waals surface area contributed by atoms with E-state index in [0.29, 0.717) is 17.1 Å². The van der Waals surface area contributed by atoms with E-state index in [2.05, 4.69) is 32.7 Å². The van der Waals surface area contributed by atoms with Gasteiger partial charge in [0.25, 0.3) is 5.95 Å². The second kappa shape index (κ2) is 8.15. The summed E-state index contributed by atoms with van der Waals surface area (Å²) in [7, 11) is 0. The minimum Gasteiger partial charge on any atom is -0.341 e. The van der Waals surface area contributed by atoms with E-state index in [-0.39, 0.29) is 17.8 Å². The van der Waals surface area contributed by atoms with Crippen LogP contribution in [0.3, 0.4) is 0 Å². The van der Waals surface area contributed by atoms with Gasteiger partial charge in [0, 0.05) is 40.2 Å². The van der Waals surface area contributed by atoms with E-state index in [9.17, 15) is 19.2 Å². The predicted molar refractivity (Wildman–Crippen MR) is 149 cm³/mol. The average Bonchev–Trinajstić information content (AvgIpc) is 3.56. The van der Waals surface area contributed by atoms with E-state index in [1.165, 1.54) is 4.90 Å². The number of carbonyl (C=O) groups is 4. The topological polar surface area (TPSA) is 118 Å². The molecule has 9 rings (SSSR count). The monoisotopic (exact) mass is 546 g/mol. The van der Waals surface area contributed by atoms with Crippen LogP contribution in [-0.4, -0.2) is 43.4 Å². The summed E-state index contributed by atoms with van der Waals surface area (Å²) in [4.78, 5) is 62.1. The molecule has 6 atom stereocenters. The van der Waals surface area contributed by atoms with Crippen molar-refractivity contribution in [3.63, 3.8) is 0 Å². The first-order valence-electron chi connectivity index (χ1n) is 13.9. The Balaban J connectivity index is 1.19. The lowest BCUT2D eigenvalue weighted by Crippen LogP contribution is -2.50. The Labute approximate surface area is 234 Å². The van der Waals surface area contributed by atoms with E-state index in [1.54, 1.807) is 13.8 Å². The van der Waals surface area contributed by atoms with Crippen molar-refractivity contribution in [2.45, 2.75) is 27.3 Å². The number of nitrogens with zero attached hydrogens (tertiary/aromatic N) is 6. The van der Waals surface area contributed by atoms with Crippen molar-refractivity contribution in [1.29, 1.82) is 0 Å². The van der Waals surface area contributed by atoms with Gasteiger partial charge in [-0.3, -0.25) is 19.2 Å². The Morgan fingerprint density at radius 3 is 1.88 bits per heavy atom. The summed E-state index contributed by atoms with van der Waals surface area (Å²) in [6, 6.07) is 13.8. The van der Waals surface area contributed by atoms with Crippen LogP contribution in [-0.2, 0) is 25.7 Å². The van der Waals surface area contributed by atoms with Crippen molar-refractivity contribution in [3.05, 3.63) is 66.0 Å². The number of anilines is 2. The Bertz CT molecular complexity index is 1860. The molecule has 204 valence electrons. The lowest BCUT2D eigenvalue weighted by atomic mass is 9.54. The smallest absolute Gasteiger partial charge is 0.259 e. The molecule has 5 aliphatic rings. The fourth-order valence-corrected chi connectivity index (χ4v) is 7.74. The van der Waals surface area contributed by atoms with Crippen molar-refractivity contribution >= 4 is 57.1 Å². The highest BCUT2D eigenvalue weighted by Gasteiger charge is 2.69. The van der Waals surface area contributed by atoms with Gasteiger partial charge in [-0.25, -0.2) is 14.8 Å². The van der Waals surface area contributed by atoms with E-state index in [0.717, 1.165) is 33.3 Å². The van der Waals surface area contributed by atoms with Crippen LogP contribution in [0.15, 0.2) is 54.6 Å². The van der Waals surface area contributed by atoms with Crippen LogP contribution in [0.4, 0.5) is 11.6 Å². The number of amides is 4. The van der Waals surface area contributed by atoms with Crippen LogP contribution in [0.5, 0.6) is 0 Å². The quantitative estimate of drug-likeness (QED) is 0.286. The molecular formula is C31H26N6O4.